The van der Waals surface area contributed by atoms with Crippen molar-refractivity contribution >= 4 is 5.97 Å². The number of cyclic esters (lactones) is 1. The van der Waals surface area contributed by atoms with Crippen molar-refractivity contribution in [1.29, 1.82) is 0 Å². The number of hydrogen-bond acceptors (Lipinski definition) is 3. The normalized spacial score (nSPS) is 23.2. The lowest BCUT2D eigenvalue weighted by Crippen LogP contribution is -2.27. The fraction of sp³-hybridized carbons (Fsp3) is 0.955. The van der Waals surface area contributed by atoms with E-state index in [0.717, 1.165) is 12.8 Å². The first-order chi connectivity index (χ1) is 12.2. The van der Waals surface area contributed by atoms with Gasteiger partial charge < -0.3 is 9.47 Å². The van der Waals surface area contributed by atoms with Gasteiger partial charge in [-0.2, -0.15) is 0 Å². The highest BCUT2D eigenvalue weighted by atomic mass is 16.6. The van der Waals surface area contributed by atoms with E-state index >= 15 is 0 Å². The Kier molecular flexibility index (Phi) is 13.1. The molecule has 0 amide bonds. The molecule has 1 heterocycles. The van der Waals surface area contributed by atoms with Crippen LogP contribution >= 0.6 is 0 Å². The minimum absolute atomic E-state index is 0.0441. The Hall–Kier alpha value is -0.570. The maximum Gasteiger partial charge on any atom is 0.312 e. The van der Waals surface area contributed by atoms with E-state index in [0.29, 0.717) is 0 Å². The van der Waals surface area contributed by atoms with Crippen LogP contribution in [-0.4, -0.2) is 25.3 Å². The van der Waals surface area contributed by atoms with Gasteiger partial charge in [0.25, 0.3) is 0 Å². The van der Waals surface area contributed by atoms with Crippen molar-refractivity contribution in [1.82, 2.24) is 0 Å². The zero-order valence-corrected chi connectivity index (χ0v) is 17.1. The van der Waals surface area contributed by atoms with Gasteiger partial charge in [0, 0.05) is 7.11 Å². The molecule has 148 valence electrons. The standard InChI is InChI=1S/C22H42O3/c1-4-5-6-7-8-9-10-11-12-13-14-15-16-17-18-20-21(24-3)19(2)25-22(20)23/h19-21H,4-18H2,1-3H3/t19-,20+,21+/m0/s1. The largest absolute Gasteiger partial charge is 0.460 e. The zero-order chi connectivity index (χ0) is 18.3. The number of carbonyl (C=O) groups is 1. The SMILES string of the molecule is CCCCCCCCCCCCCCCC[C@H]1C(=O)O[C@@H](C)[C@H]1OC. The number of ether oxygens (including phenoxy) is 2. The van der Waals surface area contributed by atoms with E-state index in [1.807, 2.05) is 6.92 Å². The molecular formula is C22H42O3. The average molecular weight is 355 g/mol. The zero-order valence-electron chi connectivity index (χ0n) is 17.1. The molecule has 0 spiro atoms. The van der Waals surface area contributed by atoms with Crippen molar-refractivity contribution < 1.29 is 14.3 Å². The van der Waals surface area contributed by atoms with Crippen LogP contribution in [0.5, 0.6) is 0 Å². The van der Waals surface area contributed by atoms with Crippen LogP contribution in [0.1, 0.15) is 110 Å². The summed E-state index contributed by atoms with van der Waals surface area (Å²) in [6.45, 7) is 4.21. The summed E-state index contributed by atoms with van der Waals surface area (Å²) < 4.78 is 10.7. The van der Waals surface area contributed by atoms with Crippen molar-refractivity contribution in [3.63, 3.8) is 0 Å². The summed E-state index contributed by atoms with van der Waals surface area (Å²) in [6.07, 6.45) is 19.9. The van der Waals surface area contributed by atoms with Gasteiger partial charge in [-0.25, -0.2) is 0 Å². The quantitative estimate of drug-likeness (QED) is 0.236. The molecule has 0 unspecified atom stereocenters. The van der Waals surface area contributed by atoms with E-state index < -0.39 is 0 Å². The molecular weight excluding hydrogens is 312 g/mol. The molecule has 1 aliphatic heterocycles. The van der Waals surface area contributed by atoms with Crippen LogP contribution in [0.25, 0.3) is 0 Å². The van der Waals surface area contributed by atoms with Gasteiger partial charge in [0.15, 0.2) is 0 Å². The van der Waals surface area contributed by atoms with Crippen LogP contribution < -0.4 is 0 Å². The molecule has 0 aromatic heterocycles. The number of carbonyl (C=O) groups excluding carboxylic acids is 1. The van der Waals surface area contributed by atoms with Crippen LogP contribution in [-0.2, 0) is 14.3 Å². The fourth-order valence-electron chi connectivity index (χ4n) is 4.00. The summed E-state index contributed by atoms with van der Waals surface area (Å²) in [5.74, 6) is -0.105. The molecule has 1 saturated heterocycles. The monoisotopic (exact) mass is 354 g/mol. The first kappa shape index (κ1) is 22.5. The van der Waals surface area contributed by atoms with Crippen molar-refractivity contribution in [2.45, 2.75) is 122 Å². The Morgan fingerprint density at radius 1 is 0.800 bits per heavy atom. The minimum atomic E-state index is -0.0888. The summed E-state index contributed by atoms with van der Waals surface area (Å²) >= 11 is 0. The Labute approximate surface area is 156 Å². The molecule has 0 aromatic rings. The Bertz CT molecular complexity index is 329. The molecule has 0 aromatic carbocycles. The molecule has 3 atom stereocenters. The molecule has 1 aliphatic rings. The molecule has 3 nitrogen and oxygen atoms in total. The average Bonchev–Trinajstić information content (AvgIpc) is 2.88. The van der Waals surface area contributed by atoms with Crippen LogP contribution in [0, 0.1) is 5.92 Å². The highest BCUT2D eigenvalue weighted by Gasteiger charge is 2.41. The molecule has 25 heavy (non-hydrogen) atoms. The Balaban J connectivity index is 1.85. The van der Waals surface area contributed by atoms with Crippen molar-refractivity contribution in [2.75, 3.05) is 7.11 Å². The van der Waals surface area contributed by atoms with Crippen LogP contribution in [0.2, 0.25) is 0 Å². The predicted octanol–water partition coefficient (Wildman–Crippen LogP) is 6.43. The molecule has 0 radical (unpaired) electrons. The first-order valence-corrected chi connectivity index (χ1v) is 10.9. The van der Waals surface area contributed by atoms with E-state index in [4.69, 9.17) is 9.47 Å². The van der Waals surface area contributed by atoms with Crippen molar-refractivity contribution in [3.05, 3.63) is 0 Å². The molecule has 3 heteroatoms. The number of unbranched alkanes of at least 4 members (excludes halogenated alkanes) is 13. The number of methoxy groups -OCH3 is 1. The van der Waals surface area contributed by atoms with Gasteiger partial charge in [-0.1, -0.05) is 96.8 Å². The third kappa shape index (κ3) is 9.63. The summed E-state index contributed by atoms with van der Waals surface area (Å²) in [5.41, 5.74) is 0. The van der Waals surface area contributed by atoms with Gasteiger partial charge in [0.2, 0.25) is 0 Å². The molecule has 0 bridgehead atoms. The van der Waals surface area contributed by atoms with Gasteiger partial charge in [-0.05, 0) is 13.3 Å². The minimum Gasteiger partial charge on any atom is -0.460 e. The second-order valence-corrected chi connectivity index (χ2v) is 7.83. The molecule has 1 fully saturated rings. The van der Waals surface area contributed by atoms with Gasteiger partial charge in [-0.15, -0.1) is 0 Å². The topological polar surface area (TPSA) is 35.5 Å². The van der Waals surface area contributed by atoms with Gasteiger partial charge in [-0.3, -0.25) is 4.79 Å². The molecule has 0 N–H and O–H groups in total. The smallest absolute Gasteiger partial charge is 0.312 e. The third-order valence-corrected chi connectivity index (χ3v) is 5.60. The van der Waals surface area contributed by atoms with E-state index in [-0.39, 0.29) is 24.1 Å². The predicted molar refractivity (Wildman–Crippen MR) is 105 cm³/mol. The van der Waals surface area contributed by atoms with Crippen LogP contribution in [0.15, 0.2) is 0 Å². The lowest BCUT2D eigenvalue weighted by atomic mass is 9.94. The first-order valence-electron chi connectivity index (χ1n) is 10.9. The lowest BCUT2D eigenvalue weighted by molar-refractivity contribution is -0.143. The van der Waals surface area contributed by atoms with E-state index in [2.05, 4.69) is 6.92 Å². The number of esters is 1. The summed E-state index contributed by atoms with van der Waals surface area (Å²) in [7, 11) is 1.68. The van der Waals surface area contributed by atoms with Gasteiger partial charge in [0.1, 0.15) is 12.2 Å². The van der Waals surface area contributed by atoms with Crippen LogP contribution in [0.3, 0.4) is 0 Å². The van der Waals surface area contributed by atoms with Crippen molar-refractivity contribution in [2.24, 2.45) is 5.92 Å². The highest BCUT2D eigenvalue weighted by molar-refractivity contribution is 5.75. The Morgan fingerprint density at radius 2 is 1.24 bits per heavy atom. The maximum atomic E-state index is 11.8. The second kappa shape index (κ2) is 14.6. The Morgan fingerprint density at radius 3 is 1.68 bits per heavy atom. The van der Waals surface area contributed by atoms with E-state index in [1.165, 1.54) is 83.5 Å². The summed E-state index contributed by atoms with van der Waals surface area (Å²) in [6, 6.07) is 0. The summed E-state index contributed by atoms with van der Waals surface area (Å²) in [4.78, 5) is 11.8. The van der Waals surface area contributed by atoms with Gasteiger partial charge in [0.05, 0.1) is 5.92 Å². The molecule has 1 rings (SSSR count). The third-order valence-electron chi connectivity index (χ3n) is 5.60. The van der Waals surface area contributed by atoms with Gasteiger partial charge >= 0.3 is 5.97 Å². The summed E-state index contributed by atoms with van der Waals surface area (Å²) in [5, 5.41) is 0. The van der Waals surface area contributed by atoms with Crippen LogP contribution in [0.4, 0.5) is 0 Å². The number of rotatable bonds is 16. The van der Waals surface area contributed by atoms with E-state index in [1.54, 1.807) is 7.11 Å². The molecule has 0 saturated carbocycles. The fourth-order valence-corrected chi connectivity index (χ4v) is 4.00. The van der Waals surface area contributed by atoms with Crippen molar-refractivity contribution in [3.8, 4) is 0 Å². The highest BCUT2D eigenvalue weighted by Crippen LogP contribution is 2.28. The number of hydrogen-bond donors (Lipinski definition) is 0. The van der Waals surface area contributed by atoms with E-state index in [9.17, 15) is 4.79 Å². The molecule has 0 aliphatic carbocycles. The lowest BCUT2D eigenvalue weighted by Gasteiger charge is -2.16. The maximum absolute atomic E-state index is 11.8. The second-order valence-electron chi connectivity index (χ2n) is 7.83.